The van der Waals surface area contributed by atoms with E-state index in [1.807, 2.05) is 0 Å². The van der Waals surface area contributed by atoms with Crippen LogP contribution in [0.5, 0.6) is 0 Å². The van der Waals surface area contributed by atoms with Gasteiger partial charge in [-0.05, 0) is 42.5 Å². The van der Waals surface area contributed by atoms with E-state index < -0.39 is 29.9 Å². The number of hydrogen-bond donors (Lipinski definition) is 4. The summed E-state index contributed by atoms with van der Waals surface area (Å²) in [7, 11) is 0. The van der Waals surface area contributed by atoms with Crippen molar-refractivity contribution in [1.82, 2.24) is 30.4 Å². The number of rotatable bonds is 11. The molecule has 2 saturated heterocycles. The minimum absolute atomic E-state index is 0.00849. The van der Waals surface area contributed by atoms with E-state index in [4.69, 9.17) is 10.8 Å². The third-order valence-corrected chi connectivity index (χ3v) is 9.62. The monoisotopic (exact) mass is 539 g/mol. The molecular formula is C21H29N7O6S2. The molecule has 4 rings (SSSR count). The van der Waals surface area contributed by atoms with Gasteiger partial charge >= 0.3 is 11.9 Å². The number of thioether (sulfide) groups is 2. The maximum absolute atomic E-state index is 12.8. The van der Waals surface area contributed by atoms with Gasteiger partial charge in [0.05, 0.1) is 0 Å². The van der Waals surface area contributed by atoms with Crippen LogP contribution in [0.4, 0.5) is 0 Å². The average molecular weight is 540 g/mol. The van der Waals surface area contributed by atoms with Crippen molar-refractivity contribution in [1.29, 1.82) is 0 Å². The Hall–Kier alpha value is -2.65. The number of carbonyl (C=O) groups excluding carboxylic acids is 2. The topological polar surface area (TPSA) is 194 Å². The summed E-state index contributed by atoms with van der Waals surface area (Å²) in [5, 5.41) is 32.5. The summed E-state index contributed by atoms with van der Waals surface area (Å²) >= 11 is 2.36. The standard InChI is InChI=1S/C21H29N7O6S2/c22-7-13-4-2-1-3-12(13)5-6-14(29)23-16-17(32)27-9-21(19(33)34,10-35-18(16)27)11-36-20-24-25-26-28(20)8-15(30)31/h16,18H,1-11,22H2,(H,23,29)(H,30,31)(H,33,34)/t16?,18-,21?/m1/s1. The van der Waals surface area contributed by atoms with Crippen molar-refractivity contribution in [3.05, 3.63) is 11.1 Å². The minimum Gasteiger partial charge on any atom is -0.481 e. The highest BCUT2D eigenvalue weighted by Gasteiger charge is 2.57. The lowest BCUT2D eigenvalue weighted by Crippen LogP contribution is -2.74. The van der Waals surface area contributed by atoms with Gasteiger partial charge in [-0.15, -0.1) is 16.9 Å². The van der Waals surface area contributed by atoms with Crippen molar-refractivity contribution in [2.45, 2.75) is 61.6 Å². The molecular weight excluding hydrogens is 510 g/mol. The van der Waals surface area contributed by atoms with Crippen molar-refractivity contribution in [3.63, 3.8) is 0 Å². The largest absolute Gasteiger partial charge is 0.481 e. The first-order valence-corrected chi connectivity index (χ1v) is 13.7. The van der Waals surface area contributed by atoms with Gasteiger partial charge in [0, 0.05) is 31.0 Å². The second-order valence-electron chi connectivity index (χ2n) is 9.22. The number of aliphatic carboxylic acids is 2. The van der Waals surface area contributed by atoms with E-state index in [1.165, 1.54) is 27.8 Å². The molecule has 36 heavy (non-hydrogen) atoms. The number of nitrogens with zero attached hydrogens (tertiary/aromatic N) is 5. The molecule has 2 fully saturated rings. The smallest absolute Gasteiger partial charge is 0.325 e. The van der Waals surface area contributed by atoms with Crippen LogP contribution in [0.25, 0.3) is 0 Å². The molecule has 1 aliphatic carbocycles. The molecule has 2 unspecified atom stereocenters. The molecule has 3 heterocycles. The predicted octanol–water partition coefficient (Wildman–Crippen LogP) is -0.0698. The molecule has 15 heteroatoms. The Balaban J connectivity index is 1.32. The van der Waals surface area contributed by atoms with Crippen molar-refractivity contribution in [2.75, 3.05) is 24.6 Å². The number of nitrogens with one attached hydrogen (secondary N) is 1. The van der Waals surface area contributed by atoms with Crippen LogP contribution in [0.3, 0.4) is 0 Å². The Labute approximate surface area is 215 Å². The molecule has 2 aliphatic heterocycles. The van der Waals surface area contributed by atoms with Gasteiger partial charge in [0.2, 0.25) is 17.0 Å². The van der Waals surface area contributed by atoms with Crippen molar-refractivity contribution >= 4 is 47.3 Å². The summed E-state index contributed by atoms with van der Waals surface area (Å²) < 4.78 is 1.08. The van der Waals surface area contributed by atoms with Crippen LogP contribution >= 0.6 is 23.5 Å². The lowest BCUT2D eigenvalue weighted by atomic mass is 9.88. The first kappa shape index (κ1) is 26.4. The number of allylic oxidation sites excluding steroid dienone is 1. The van der Waals surface area contributed by atoms with E-state index in [9.17, 15) is 24.3 Å². The molecule has 1 aromatic heterocycles. The summed E-state index contributed by atoms with van der Waals surface area (Å²) in [5.74, 6) is -2.40. The van der Waals surface area contributed by atoms with Crippen LogP contribution in [0, 0.1) is 5.41 Å². The fourth-order valence-corrected chi connectivity index (χ4v) is 7.46. The maximum atomic E-state index is 12.8. The lowest BCUT2D eigenvalue weighted by molar-refractivity contribution is -0.157. The van der Waals surface area contributed by atoms with Gasteiger partial charge in [0.25, 0.3) is 0 Å². The van der Waals surface area contributed by atoms with Crippen LogP contribution in [0.15, 0.2) is 16.3 Å². The Morgan fingerprint density at radius 1 is 1.22 bits per heavy atom. The van der Waals surface area contributed by atoms with Crippen molar-refractivity contribution in [3.8, 4) is 0 Å². The first-order valence-electron chi connectivity index (χ1n) is 11.7. The second-order valence-corrected chi connectivity index (χ2v) is 11.3. The summed E-state index contributed by atoms with van der Waals surface area (Å²) in [5.41, 5.74) is 7.06. The molecule has 196 valence electrons. The zero-order valence-electron chi connectivity index (χ0n) is 19.6. The number of carbonyl (C=O) groups is 4. The van der Waals surface area contributed by atoms with E-state index in [0.29, 0.717) is 19.4 Å². The highest BCUT2D eigenvalue weighted by atomic mass is 32.2. The number of carboxylic acids is 2. The van der Waals surface area contributed by atoms with Crippen LogP contribution in [-0.2, 0) is 25.7 Å². The molecule has 1 aromatic rings. The number of carboxylic acid groups (broad SMARTS) is 2. The average Bonchev–Trinajstić information content (AvgIpc) is 3.30. The summed E-state index contributed by atoms with van der Waals surface area (Å²) in [6.45, 7) is 0.0678. The number of amides is 2. The third kappa shape index (κ3) is 5.52. The summed E-state index contributed by atoms with van der Waals surface area (Å²) in [6, 6.07) is -0.667. The van der Waals surface area contributed by atoms with Gasteiger partial charge in [-0.2, -0.15) is 0 Å². The first-order chi connectivity index (χ1) is 17.2. The summed E-state index contributed by atoms with van der Waals surface area (Å²) in [4.78, 5) is 50.1. The Bertz CT molecular complexity index is 1080. The normalized spacial score (nSPS) is 25.8. The number of fused-ring (bicyclic) bond motifs is 1. The second kappa shape index (κ2) is 11.2. The molecule has 13 nitrogen and oxygen atoms in total. The fourth-order valence-electron chi connectivity index (χ4n) is 4.72. The van der Waals surface area contributed by atoms with E-state index in [2.05, 4.69) is 20.8 Å². The molecule has 0 bridgehead atoms. The van der Waals surface area contributed by atoms with Crippen LogP contribution < -0.4 is 11.1 Å². The van der Waals surface area contributed by atoms with Crippen molar-refractivity contribution < 1.29 is 29.4 Å². The third-order valence-electron chi connectivity index (χ3n) is 6.78. The number of β-lactam (4-membered cyclic amide) rings is 1. The van der Waals surface area contributed by atoms with Gasteiger partial charge in [-0.1, -0.05) is 22.9 Å². The zero-order chi connectivity index (χ0) is 25.9. The Morgan fingerprint density at radius 3 is 2.67 bits per heavy atom. The maximum Gasteiger partial charge on any atom is 0.325 e. The molecule has 2 amide bonds. The molecule has 3 aliphatic rings. The number of tetrazole rings is 1. The quantitative estimate of drug-likeness (QED) is 0.166. The van der Waals surface area contributed by atoms with Gasteiger partial charge in [0.15, 0.2) is 0 Å². The van der Waals surface area contributed by atoms with Crippen LogP contribution in [0.2, 0.25) is 0 Å². The van der Waals surface area contributed by atoms with E-state index >= 15 is 0 Å². The van der Waals surface area contributed by atoms with Gasteiger partial charge in [-0.3, -0.25) is 19.2 Å². The van der Waals surface area contributed by atoms with Gasteiger partial charge in [0.1, 0.15) is 23.4 Å². The molecule has 0 saturated carbocycles. The van der Waals surface area contributed by atoms with Gasteiger partial charge < -0.3 is 26.2 Å². The van der Waals surface area contributed by atoms with Crippen LogP contribution in [-0.4, -0.2) is 95.1 Å². The van der Waals surface area contributed by atoms with E-state index in [1.54, 1.807) is 0 Å². The highest BCUT2D eigenvalue weighted by Crippen LogP contribution is 2.44. The zero-order valence-corrected chi connectivity index (χ0v) is 21.2. The van der Waals surface area contributed by atoms with E-state index in [0.717, 1.165) is 42.1 Å². The summed E-state index contributed by atoms with van der Waals surface area (Å²) in [6.07, 6.45) is 5.12. The molecule has 0 spiro atoms. The van der Waals surface area contributed by atoms with Crippen LogP contribution in [0.1, 0.15) is 38.5 Å². The molecule has 3 atom stereocenters. The molecule has 0 radical (unpaired) electrons. The predicted molar refractivity (Wildman–Crippen MR) is 130 cm³/mol. The molecule has 5 N–H and O–H groups in total. The number of aromatic nitrogens is 4. The lowest BCUT2D eigenvalue weighted by Gasteiger charge is -2.53. The van der Waals surface area contributed by atoms with Gasteiger partial charge in [-0.25, -0.2) is 4.68 Å². The fraction of sp³-hybridized carbons (Fsp3) is 0.667. The highest BCUT2D eigenvalue weighted by molar-refractivity contribution is 8.00. The number of hydrogen-bond acceptors (Lipinski definition) is 10. The minimum atomic E-state index is -1.26. The van der Waals surface area contributed by atoms with Crippen molar-refractivity contribution in [2.24, 2.45) is 11.1 Å². The van der Waals surface area contributed by atoms with E-state index in [-0.39, 0.29) is 40.4 Å². The SMILES string of the molecule is NCC1=C(CCC(=O)NC2C(=O)N3CC(CSc4nnnn4CC(=O)O)(C(=O)O)CS[C@H]23)CCCC1. The Kier molecular flexibility index (Phi) is 8.20. The molecule has 0 aromatic carbocycles. The Morgan fingerprint density at radius 2 is 1.97 bits per heavy atom. The number of nitrogens with two attached hydrogens (primary N) is 1.